The van der Waals surface area contributed by atoms with Crippen LogP contribution in [0.25, 0.3) is 0 Å². The molecule has 128 valence electrons. The first-order valence-corrected chi connectivity index (χ1v) is 8.61. The van der Waals surface area contributed by atoms with E-state index in [1.807, 2.05) is 24.3 Å². The van der Waals surface area contributed by atoms with Crippen molar-refractivity contribution in [1.82, 2.24) is 5.32 Å². The zero-order valence-electron chi connectivity index (χ0n) is 14.3. The van der Waals surface area contributed by atoms with Gasteiger partial charge in [-0.05, 0) is 69.6 Å². The van der Waals surface area contributed by atoms with E-state index in [2.05, 4.69) is 5.32 Å². The molecule has 1 amide bonds. The lowest BCUT2D eigenvalue weighted by Crippen LogP contribution is -2.28. The van der Waals surface area contributed by atoms with Crippen LogP contribution >= 0.6 is 0 Å². The average molecular weight is 319 g/mol. The molecule has 1 aromatic rings. The summed E-state index contributed by atoms with van der Waals surface area (Å²) in [4.78, 5) is 12.2. The summed E-state index contributed by atoms with van der Waals surface area (Å²) >= 11 is 0. The van der Waals surface area contributed by atoms with Crippen LogP contribution in [0.2, 0.25) is 0 Å². The molecule has 2 rings (SSSR count). The van der Waals surface area contributed by atoms with Crippen LogP contribution in [0.1, 0.15) is 55.5 Å². The molecule has 0 saturated carbocycles. The van der Waals surface area contributed by atoms with E-state index in [1.54, 1.807) is 13.8 Å². The minimum atomic E-state index is -0.680. The van der Waals surface area contributed by atoms with Gasteiger partial charge >= 0.3 is 0 Å². The summed E-state index contributed by atoms with van der Waals surface area (Å²) in [5.74, 6) is 0.550. The fraction of sp³-hybridized carbons (Fsp3) is 0.632. The zero-order chi connectivity index (χ0) is 16.7. The molecule has 0 radical (unpaired) electrons. The number of hydrogen-bond acceptors (Lipinski definition) is 3. The van der Waals surface area contributed by atoms with Crippen molar-refractivity contribution in [1.29, 1.82) is 0 Å². The molecule has 4 heteroatoms. The van der Waals surface area contributed by atoms with Crippen molar-refractivity contribution in [3.05, 3.63) is 35.4 Å². The molecule has 0 aromatic heterocycles. The van der Waals surface area contributed by atoms with E-state index >= 15 is 0 Å². The van der Waals surface area contributed by atoms with Crippen molar-refractivity contribution in [2.24, 2.45) is 5.92 Å². The van der Waals surface area contributed by atoms with Gasteiger partial charge in [0.05, 0.1) is 5.60 Å². The smallest absolute Gasteiger partial charge is 0.251 e. The molecule has 1 heterocycles. The Morgan fingerprint density at radius 2 is 2.26 bits per heavy atom. The minimum Gasteiger partial charge on any atom is -0.390 e. The summed E-state index contributed by atoms with van der Waals surface area (Å²) in [6.07, 6.45) is 4.75. The number of hydrogen-bond donors (Lipinski definition) is 2. The van der Waals surface area contributed by atoms with Gasteiger partial charge in [0.15, 0.2) is 0 Å². The molecule has 0 unspecified atom stereocenters. The summed E-state index contributed by atoms with van der Waals surface area (Å²) in [7, 11) is 0. The van der Waals surface area contributed by atoms with E-state index in [1.165, 1.54) is 6.42 Å². The second-order valence-corrected chi connectivity index (χ2v) is 7.14. The lowest BCUT2D eigenvalue weighted by molar-refractivity contribution is 0.0514. The number of nitrogens with one attached hydrogen (secondary N) is 1. The van der Waals surface area contributed by atoms with Gasteiger partial charge in [-0.1, -0.05) is 12.1 Å². The SMILES string of the molecule is CC(C)(O)CCc1cccc(C(=O)NCC[C@@H]2CCCOC2)c1. The molecule has 4 nitrogen and oxygen atoms in total. The van der Waals surface area contributed by atoms with Crippen LogP contribution in [-0.2, 0) is 11.2 Å². The van der Waals surface area contributed by atoms with Crippen LogP contribution in [0.3, 0.4) is 0 Å². The Hall–Kier alpha value is -1.39. The van der Waals surface area contributed by atoms with Crippen LogP contribution < -0.4 is 5.32 Å². The molecular weight excluding hydrogens is 290 g/mol. The number of carbonyl (C=O) groups excluding carboxylic acids is 1. The Balaban J connectivity index is 1.79. The van der Waals surface area contributed by atoms with Crippen LogP contribution in [0.5, 0.6) is 0 Å². The Morgan fingerprint density at radius 3 is 2.96 bits per heavy atom. The third-order valence-electron chi connectivity index (χ3n) is 4.31. The summed E-state index contributed by atoms with van der Waals surface area (Å²) in [6, 6.07) is 7.67. The maximum atomic E-state index is 12.2. The molecule has 0 spiro atoms. The highest BCUT2D eigenvalue weighted by atomic mass is 16.5. The molecule has 1 aliphatic heterocycles. The topological polar surface area (TPSA) is 58.6 Å². The lowest BCUT2D eigenvalue weighted by Gasteiger charge is -2.21. The Labute approximate surface area is 139 Å². The van der Waals surface area contributed by atoms with Crippen molar-refractivity contribution in [2.45, 2.75) is 51.6 Å². The summed E-state index contributed by atoms with van der Waals surface area (Å²) in [5, 5.41) is 12.8. The fourth-order valence-electron chi connectivity index (χ4n) is 2.85. The first-order valence-electron chi connectivity index (χ1n) is 8.61. The van der Waals surface area contributed by atoms with E-state index in [-0.39, 0.29) is 5.91 Å². The summed E-state index contributed by atoms with van der Waals surface area (Å²) < 4.78 is 5.46. The standard InChI is InChI=1S/C19H29NO3/c1-19(2,22)10-8-15-5-3-7-17(13-15)18(21)20-11-9-16-6-4-12-23-14-16/h3,5,7,13,16,22H,4,6,8-12,14H2,1-2H3,(H,20,21)/t16-/m0/s1. The Morgan fingerprint density at radius 1 is 1.43 bits per heavy atom. The van der Waals surface area contributed by atoms with Gasteiger partial charge in [-0.15, -0.1) is 0 Å². The number of aryl methyl sites for hydroxylation is 1. The van der Waals surface area contributed by atoms with Crippen LogP contribution in [0.15, 0.2) is 24.3 Å². The second kappa shape index (κ2) is 8.46. The molecule has 1 saturated heterocycles. The number of aliphatic hydroxyl groups is 1. The van der Waals surface area contributed by atoms with E-state index < -0.39 is 5.60 Å². The van der Waals surface area contributed by atoms with E-state index in [0.29, 0.717) is 24.4 Å². The van der Waals surface area contributed by atoms with Gasteiger partial charge in [-0.3, -0.25) is 4.79 Å². The first kappa shape index (κ1) is 18.0. The van der Waals surface area contributed by atoms with Gasteiger partial charge in [0, 0.05) is 25.3 Å². The Kier molecular flexibility index (Phi) is 6.60. The first-order chi connectivity index (χ1) is 10.9. The van der Waals surface area contributed by atoms with Gasteiger partial charge in [0.2, 0.25) is 0 Å². The van der Waals surface area contributed by atoms with Crippen molar-refractivity contribution < 1.29 is 14.6 Å². The third kappa shape index (κ3) is 6.71. The fourth-order valence-corrected chi connectivity index (χ4v) is 2.85. The van der Waals surface area contributed by atoms with Gasteiger partial charge in [0.1, 0.15) is 0 Å². The molecular formula is C19H29NO3. The molecule has 1 fully saturated rings. The molecule has 1 aromatic carbocycles. The van der Waals surface area contributed by atoms with E-state index in [9.17, 15) is 9.90 Å². The second-order valence-electron chi connectivity index (χ2n) is 7.14. The molecule has 1 aliphatic rings. The zero-order valence-corrected chi connectivity index (χ0v) is 14.3. The predicted octanol–water partition coefficient (Wildman–Crippen LogP) is 2.94. The summed E-state index contributed by atoms with van der Waals surface area (Å²) in [6.45, 7) is 6.00. The maximum absolute atomic E-state index is 12.2. The highest BCUT2D eigenvalue weighted by Crippen LogP contribution is 2.17. The predicted molar refractivity (Wildman–Crippen MR) is 91.6 cm³/mol. The maximum Gasteiger partial charge on any atom is 0.251 e. The number of carbonyl (C=O) groups is 1. The monoisotopic (exact) mass is 319 g/mol. The number of amides is 1. The molecule has 1 atom stereocenters. The molecule has 2 N–H and O–H groups in total. The van der Waals surface area contributed by atoms with E-state index in [4.69, 9.17) is 4.74 Å². The van der Waals surface area contributed by atoms with Gasteiger partial charge in [-0.25, -0.2) is 0 Å². The minimum absolute atomic E-state index is 0.0214. The van der Waals surface area contributed by atoms with Crippen LogP contribution in [0.4, 0.5) is 0 Å². The van der Waals surface area contributed by atoms with Crippen molar-refractivity contribution in [3.8, 4) is 0 Å². The number of ether oxygens (including phenoxy) is 1. The quantitative estimate of drug-likeness (QED) is 0.812. The normalized spacial score (nSPS) is 18.7. The number of rotatable bonds is 7. The van der Waals surface area contributed by atoms with Crippen molar-refractivity contribution >= 4 is 5.91 Å². The third-order valence-corrected chi connectivity index (χ3v) is 4.31. The van der Waals surface area contributed by atoms with E-state index in [0.717, 1.165) is 38.0 Å². The molecule has 0 bridgehead atoms. The highest BCUT2D eigenvalue weighted by molar-refractivity contribution is 5.94. The van der Waals surface area contributed by atoms with Crippen molar-refractivity contribution in [2.75, 3.05) is 19.8 Å². The lowest BCUT2D eigenvalue weighted by atomic mass is 9.97. The number of benzene rings is 1. The van der Waals surface area contributed by atoms with Crippen LogP contribution in [-0.4, -0.2) is 36.4 Å². The van der Waals surface area contributed by atoms with Gasteiger partial charge in [0.25, 0.3) is 5.91 Å². The highest BCUT2D eigenvalue weighted by Gasteiger charge is 2.15. The Bertz CT molecular complexity index is 502. The van der Waals surface area contributed by atoms with Gasteiger partial charge in [-0.2, -0.15) is 0 Å². The average Bonchev–Trinajstić information content (AvgIpc) is 2.53. The molecule has 23 heavy (non-hydrogen) atoms. The van der Waals surface area contributed by atoms with Crippen molar-refractivity contribution in [3.63, 3.8) is 0 Å². The summed E-state index contributed by atoms with van der Waals surface area (Å²) in [5.41, 5.74) is 1.10. The molecule has 0 aliphatic carbocycles. The van der Waals surface area contributed by atoms with Crippen LogP contribution in [0, 0.1) is 5.92 Å². The largest absolute Gasteiger partial charge is 0.390 e. The van der Waals surface area contributed by atoms with Gasteiger partial charge < -0.3 is 15.2 Å².